The molecule has 0 rings (SSSR count). The van der Waals surface area contributed by atoms with Gasteiger partial charge in [0.05, 0.1) is 0 Å². The average molecular weight is 273 g/mol. The Morgan fingerprint density at radius 2 is 2.05 bits per heavy atom. The molecule has 0 bridgehead atoms. The maximum absolute atomic E-state index is 11.7. The van der Waals surface area contributed by atoms with Crippen molar-refractivity contribution in [1.82, 2.24) is 10.6 Å². The lowest BCUT2D eigenvalue weighted by Gasteiger charge is -2.21. The van der Waals surface area contributed by atoms with Gasteiger partial charge in [0, 0.05) is 19.0 Å². The zero-order chi connectivity index (χ0) is 14.7. The second-order valence-corrected chi connectivity index (χ2v) is 5.73. The first kappa shape index (κ1) is 18.4. The minimum absolute atomic E-state index is 0.127. The number of esters is 1. The summed E-state index contributed by atoms with van der Waals surface area (Å²) in [5.41, 5.74) is 5.05. The van der Waals surface area contributed by atoms with Gasteiger partial charge in [-0.15, -0.1) is 0 Å². The van der Waals surface area contributed by atoms with Crippen LogP contribution in [-0.2, 0) is 9.53 Å². The van der Waals surface area contributed by atoms with E-state index < -0.39 is 5.60 Å². The number of carbonyl (C=O) groups excluding carboxylic acids is 1. The Balaban J connectivity index is 3.89. The van der Waals surface area contributed by atoms with Crippen molar-refractivity contribution in [2.24, 2.45) is 5.73 Å². The van der Waals surface area contributed by atoms with Crippen LogP contribution in [-0.4, -0.2) is 43.8 Å². The average Bonchev–Trinajstić information content (AvgIpc) is 2.29. The molecular weight excluding hydrogens is 242 g/mol. The van der Waals surface area contributed by atoms with Crippen LogP contribution in [0.15, 0.2) is 0 Å². The summed E-state index contributed by atoms with van der Waals surface area (Å²) in [5, 5.41) is 6.72. The lowest BCUT2D eigenvalue weighted by Crippen LogP contribution is -2.39. The van der Waals surface area contributed by atoms with Crippen LogP contribution in [0.1, 0.15) is 47.0 Å². The molecule has 1 atom stereocenters. The van der Waals surface area contributed by atoms with Crippen molar-refractivity contribution in [3.63, 3.8) is 0 Å². The molecule has 5 heteroatoms. The highest BCUT2D eigenvalue weighted by molar-refractivity contribution is 5.69. The zero-order valence-electron chi connectivity index (χ0n) is 12.9. The molecule has 0 aromatic heterocycles. The number of nitrogens with two attached hydrogens (primary N) is 1. The summed E-state index contributed by atoms with van der Waals surface area (Å²) in [4.78, 5) is 11.7. The summed E-state index contributed by atoms with van der Waals surface area (Å²) in [7, 11) is 0. The molecule has 19 heavy (non-hydrogen) atoms. The minimum atomic E-state index is -0.399. The van der Waals surface area contributed by atoms with Gasteiger partial charge in [-0.05, 0) is 53.2 Å². The minimum Gasteiger partial charge on any atom is -0.460 e. The second-order valence-electron chi connectivity index (χ2n) is 5.73. The van der Waals surface area contributed by atoms with Gasteiger partial charge in [0.15, 0.2) is 0 Å². The molecule has 4 N–H and O–H groups in total. The van der Waals surface area contributed by atoms with Gasteiger partial charge < -0.3 is 21.1 Å². The molecule has 0 saturated heterocycles. The van der Waals surface area contributed by atoms with Crippen LogP contribution >= 0.6 is 0 Å². The number of nitrogens with one attached hydrogen (secondary N) is 2. The van der Waals surface area contributed by atoms with Crippen LogP contribution in [0.2, 0.25) is 0 Å². The Morgan fingerprint density at radius 3 is 2.58 bits per heavy atom. The number of hydrogen-bond donors (Lipinski definition) is 3. The maximum atomic E-state index is 11.7. The van der Waals surface area contributed by atoms with E-state index >= 15 is 0 Å². The topological polar surface area (TPSA) is 76.4 Å². The van der Waals surface area contributed by atoms with Crippen molar-refractivity contribution >= 4 is 5.97 Å². The van der Waals surface area contributed by atoms with Crippen molar-refractivity contribution < 1.29 is 9.53 Å². The van der Waals surface area contributed by atoms with E-state index in [9.17, 15) is 4.79 Å². The molecule has 0 aliphatic heterocycles. The van der Waals surface area contributed by atoms with E-state index in [2.05, 4.69) is 17.6 Å². The molecule has 0 aliphatic carbocycles. The number of hydrogen-bond acceptors (Lipinski definition) is 5. The molecule has 0 aliphatic rings. The first-order valence-corrected chi connectivity index (χ1v) is 7.25. The smallest absolute Gasteiger partial charge is 0.306 e. The number of rotatable bonds is 10. The SMILES string of the molecule is CCN[C@@H](CCC(=O)OC(C)(C)C)CNCCCN. The van der Waals surface area contributed by atoms with Crippen molar-refractivity contribution in [1.29, 1.82) is 0 Å². The Hall–Kier alpha value is -0.650. The van der Waals surface area contributed by atoms with E-state index in [1.54, 1.807) is 0 Å². The van der Waals surface area contributed by atoms with Crippen molar-refractivity contribution in [3.05, 3.63) is 0 Å². The fourth-order valence-electron chi connectivity index (χ4n) is 1.75. The molecule has 0 unspecified atom stereocenters. The summed E-state index contributed by atoms with van der Waals surface area (Å²) in [6.45, 7) is 11.1. The molecule has 0 fully saturated rings. The summed E-state index contributed by atoms with van der Waals surface area (Å²) < 4.78 is 5.31. The lowest BCUT2D eigenvalue weighted by molar-refractivity contribution is -0.155. The summed E-state index contributed by atoms with van der Waals surface area (Å²) in [5.74, 6) is -0.127. The summed E-state index contributed by atoms with van der Waals surface area (Å²) in [6.07, 6.45) is 2.22. The maximum Gasteiger partial charge on any atom is 0.306 e. The van der Waals surface area contributed by atoms with Gasteiger partial charge in [-0.2, -0.15) is 0 Å². The van der Waals surface area contributed by atoms with Gasteiger partial charge in [0.1, 0.15) is 5.60 Å². The number of carbonyl (C=O) groups is 1. The lowest BCUT2D eigenvalue weighted by atomic mass is 10.1. The van der Waals surface area contributed by atoms with Crippen LogP contribution in [0.25, 0.3) is 0 Å². The monoisotopic (exact) mass is 273 g/mol. The molecule has 0 saturated carbocycles. The molecule has 0 aromatic rings. The van der Waals surface area contributed by atoms with Gasteiger partial charge >= 0.3 is 5.97 Å². The molecule has 0 amide bonds. The van der Waals surface area contributed by atoms with E-state index in [1.807, 2.05) is 20.8 Å². The third-order valence-electron chi connectivity index (χ3n) is 2.56. The molecule has 0 spiro atoms. The first-order chi connectivity index (χ1) is 8.89. The molecule has 114 valence electrons. The van der Waals surface area contributed by atoms with Gasteiger partial charge in [-0.1, -0.05) is 6.92 Å². The number of likely N-dealkylation sites (N-methyl/N-ethyl adjacent to an activating group) is 1. The van der Waals surface area contributed by atoms with Gasteiger partial charge in [0.25, 0.3) is 0 Å². The van der Waals surface area contributed by atoms with Crippen molar-refractivity contribution in [2.45, 2.75) is 58.6 Å². The molecule has 0 heterocycles. The number of ether oxygens (including phenoxy) is 1. The molecular formula is C14H31N3O2. The van der Waals surface area contributed by atoms with E-state index in [4.69, 9.17) is 10.5 Å². The highest BCUT2D eigenvalue weighted by atomic mass is 16.6. The van der Waals surface area contributed by atoms with E-state index in [0.717, 1.165) is 32.5 Å². The van der Waals surface area contributed by atoms with Crippen LogP contribution < -0.4 is 16.4 Å². The van der Waals surface area contributed by atoms with Crippen molar-refractivity contribution in [3.8, 4) is 0 Å². The fourth-order valence-corrected chi connectivity index (χ4v) is 1.75. The second kappa shape index (κ2) is 10.2. The van der Waals surface area contributed by atoms with Crippen LogP contribution in [0.3, 0.4) is 0 Å². The van der Waals surface area contributed by atoms with E-state index in [1.165, 1.54) is 0 Å². The Kier molecular flexibility index (Phi) is 9.83. The molecule has 5 nitrogen and oxygen atoms in total. The van der Waals surface area contributed by atoms with E-state index in [0.29, 0.717) is 19.0 Å². The summed E-state index contributed by atoms with van der Waals surface area (Å²) >= 11 is 0. The summed E-state index contributed by atoms with van der Waals surface area (Å²) in [6, 6.07) is 0.301. The first-order valence-electron chi connectivity index (χ1n) is 7.25. The van der Waals surface area contributed by atoms with E-state index in [-0.39, 0.29) is 5.97 Å². The predicted octanol–water partition coefficient (Wildman–Crippen LogP) is 1.02. The predicted molar refractivity (Wildman–Crippen MR) is 79.1 cm³/mol. The molecule has 0 radical (unpaired) electrons. The van der Waals surface area contributed by atoms with Gasteiger partial charge in [0.2, 0.25) is 0 Å². The third kappa shape index (κ3) is 12.1. The highest BCUT2D eigenvalue weighted by Gasteiger charge is 2.17. The van der Waals surface area contributed by atoms with Crippen molar-refractivity contribution in [2.75, 3.05) is 26.2 Å². The van der Waals surface area contributed by atoms with Crippen LogP contribution in [0.5, 0.6) is 0 Å². The largest absolute Gasteiger partial charge is 0.460 e. The Labute approximate surface area is 117 Å². The zero-order valence-corrected chi connectivity index (χ0v) is 12.9. The fraction of sp³-hybridized carbons (Fsp3) is 0.929. The standard InChI is InChI=1S/C14H31N3O2/c1-5-17-12(11-16-10-6-9-15)7-8-13(18)19-14(2,3)4/h12,16-17H,5-11,15H2,1-4H3/t12-/m0/s1. The Bertz CT molecular complexity index is 239. The highest BCUT2D eigenvalue weighted by Crippen LogP contribution is 2.09. The normalized spacial score (nSPS) is 13.3. The Morgan fingerprint density at radius 1 is 1.37 bits per heavy atom. The van der Waals surface area contributed by atoms with Crippen LogP contribution in [0.4, 0.5) is 0 Å². The van der Waals surface area contributed by atoms with Crippen LogP contribution in [0, 0.1) is 0 Å². The van der Waals surface area contributed by atoms with Gasteiger partial charge in [-0.3, -0.25) is 4.79 Å². The molecule has 0 aromatic carbocycles. The van der Waals surface area contributed by atoms with Gasteiger partial charge in [-0.25, -0.2) is 0 Å². The third-order valence-corrected chi connectivity index (χ3v) is 2.56. The quantitative estimate of drug-likeness (QED) is 0.409.